The van der Waals surface area contributed by atoms with Gasteiger partial charge in [0.25, 0.3) is 0 Å². The Bertz CT molecular complexity index is 671. The number of hydrogen-bond acceptors (Lipinski definition) is 6. The highest BCUT2D eigenvalue weighted by Gasteiger charge is 2.56. The molecule has 1 aromatic rings. The summed E-state index contributed by atoms with van der Waals surface area (Å²) in [5.41, 5.74) is -2.48. The third-order valence-electron chi connectivity index (χ3n) is 3.77. The van der Waals surface area contributed by atoms with Crippen LogP contribution < -0.4 is 0 Å². The molecule has 0 saturated heterocycles. The second kappa shape index (κ2) is 6.92. The van der Waals surface area contributed by atoms with Crippen molar-refractivity contribution < 1.29 is 28.6 Å². The number of nitrogens with zero attached hydrogens (tertiary/aromatic N) is 1. The van der Waals surface area contributed by atoms with Gasteiger partial charge in [-0.2, -0.15) is 0 Å². The van der Waals surface area contributed by atoms with E-state index in [4.69, 9.17) is 13.9 Å². The Labute approximate surface area is 147 Å². The van der Waals surface area contributed by atoms with Crippen LogP contribution in [0.15, 0.2) is 28.7 Å². The molecule has 0 bridgehead atoms. The van der Waals surface area contributed by atoms with Gasteiger partial charge >= 0.3 is 12.1 Å². The van der Waals surface area contributed by atoms with Crippen molar-refractivity contribution in [3.8, 4) is 0 Å². The predicted octanol–water partition coefficient (Wildman–Crippen LogP) is 2.73. The zero-order valence-corrected chi connectivity index (χ0v) is 15.2. The Morgan fingerprint density at radius 2 is 2.08 bits per heavy atom. The van der Waals surface area contributed by atoms with Gasteiger partial charge in [-0.1, -0.05) is 6.08 Å². The molecule has 25 heavy (non-hydrogen) atoms. The summed E-state index contributed by atoms with van der Waals surface area (Å²) < 4.78 is 16.0. The van der Waals surface area contributed by atoms with Gasteiger partial charge in [0, 0.05) is 6.54 Å². The smallest absolute Gasteiger partial charge is 0.411 e. The molecule has 0 spiro atoms. The quantitative estimate of drug-likeness (QED) is 0.663. The largest absolute Gasteiger partial charge is 0.464 e. The summed E-state index contributed by atoms with van der Waals surface area (Å²) >= 11 is 0. The minimum absolute atomic E-state index is 0.112. The van der Waals surface area contributed by atoms with Crippen molar-refractivity contribution in [1.29, 1.82) is 0 Å². The van der Waals surface area contributed by atoms with Crippen LogP contribution in [0.5, 0.6) is 0 Å². The van der Waals surface area contributed by atoms with E-state index in [1.165, 1.54) is 11.0 Å². The molecule has 0 aliphatic carbocycles. The van der Waals surface area contributed by atoms with E-state index in [0.717, 1.165) is 0 Å². The first-order chi connectivity index (χ1) is 11.6. The van der Waals surface area contributed by atoms with Gasteiger partial charge < -0.3 is 19.0 Å². The molecule has 0 fully saturated rings. The highest BCUT2D eigenvalue weighted by atomic mass is 16.6. The number of carbonyl (C=O) groups excluding carboxylic acids is 2. The number of hydrogen-bond donors (Lipinski definition) is 1. The van der Waals surface area contributed by atoms with Gasteiger partial charge in [-0.05, 0) is 52.8 Å². The predicted molar refractivity (Wildman–Crippen MR) is 89.8 cm³/mol. The van der Waals surface area contributed by atoms with E-state index in [9.17, 15) is 14.7 Å². The summed E-state index contributed by atoms with van der Waals surface area (Å²) in [5.74, 6) is 0.0145. The number of furan rings is 1. The van der Waals surface area contributed by atoms with Crippen LogP contribution in [0.3, 0.4) is 0 Å². The van der Waals surface area contributed by atoms with Gasteiger partial charge in [-0.15, -0.1) is 0 Å². The second-order valence-corrected chi connectivity index (χ2v) is 6.89. The van der Waals surface area contributed by atoms with Crippen molar-refractivity contribution in [2.24, 2.45) is 0 Å². The molecule has 2 rings (SSSR count). The van der Waals surface area contributed by atoms with E-state index in [-0.39, 0.29) is 18.9 Å². The Morgan fingerprint density at radius 1 is 1.40 bits per heavy atom. The Balaban J connectivity index is 2.45. The van der Waals surface area contributed by atoms with Crippen molar-refractivity contribution in [1.82, 2.24) is 4.90 Å². The SMILES string of the molecule is CCOC(=O)[C@@]1([C@H](O)c2ccc(C)o2)C=CCN1C(=O)OC(C)(C)C. The number of rotatable bonds is 4. The van der Waals surface area contributed by atoms with Crippen LogP contribution in [0.2, 0.25) is 0 Å². The standard InChI is InChI=1S/C18H25NO6/c1-6-23-15(21)18(14(20)13-9-8-12(2)24-13)10-7-11-19(18)16(22)25-17(3,4)5/h7-10,14,20H,6,11H2,1-5H3/t14-,18+/m1/s1. The molecule has 2 heterocycles. The summed E-state index contributed by atoms with van der Waals surface area (Å²) in [4.78, 5) is 26.6. The molecule has 1 aromatic heterocycles. The maximum Gasteiger partial charge on any atom is 0.411 e. The van der Waals surface area contributed by atoms with E-state index >= 15 is 0 Å². The van der Waals surface area contributed by atoms with Gasteiger partial charge in [0.05, 0.1) is 6.61 Å². The van der Waals surface area contributed by atoms with E-state index < -0.39 is 29.3 Å². The van der Waals surface area contributed by atoms with Gasteiger partial charge in [0.15, 0.2) is 5.54 Å². The van der Waals surface area contributed by atoms with Crippen LogP contribution >= 0.6 is 0 Å². The Morgan fingerprint density at radius 3 is 2.60 bits per heavy atom. The maximum atomic E-state index is 12.7. The number of esters is 1. The van der Waals surface area contributed by atoms with E-state index in [0.29, 0.717) is 5.76 Å². The molecule has 7 nitrogen and oxygen atoms in total. The zero-order chi connectivity index (χ0) is 18.8. The molecule has 0 unspecified atom stereocenters. The highest BCUT2D eigenvalue weighted by Crippen LogP contribution is 2.39. The van der Waals surface area contributed by atoms with E-state index in [2.05, 4.69) is 0 Å². The molecule has 1 aliphatic rings. The van der Waals surface area contributed by atoms with Crippen LogP contribution in [0.25, 0.3) is 0 Å². The molecule has 138 valence electrons. The summed E-state index contributed by atoms with van der Waals surface area (Å²) in [6.45, 7) is 8.80. The molecule has 0 aromatic carbocycles. The van der Waals surface area contributed by atoms with Crippen LogP contribution in [0, 0.1) is 6.92 Å². The fourth-order valence-corrected chi connectivity index (χ4v) is 2.71. The third kappa shape index (κ3) is 3.71. The first-order valence-electron chi connectivity index (χ1n) is 8.21. The van der Waals surface area contributed by atoms with Gasteiger partial charge in [0.2, 0.25) is 0 Å². The summed E-state index contributed by atoms with van der Waals surface area (Å²) in [7, 11) is 0. The lowest BCUT2D eigenvalue weighted by Crippen LogP contribution is -2.58. The van der Waals surface area contributed by atoms with E-state index in [1.807, 2.05) is 0 Å². The normalized spacial score (nSPS) is 21.3. The van der Waals surface area contributed by atoms with Crippen LogP contribution in [-0.4, -0.2) is 46.4 Å². The number of aryl methyl sites for hydroxylation is 1. The summed E-state index contributed by atoms with van der Waals surface area (Å²) in [5, 5.41) is 10.9. The summed E-state index contributed by atoms with van der Waals surface area (Å²) in [6.07, 6.45) is 0.955. The molecule has 1 N–H and O–H groups in total. The first kappa shape index (κ1) is 19.1. The fraction of sp³-hybridized carbons (Fsp3) is 0.556. The molecular formula is C18H25NO6. The van der Waals surface area contributed by atoms with Crippen LogP contribution in [0.1, 0.15) is 45.3 Å². The maximum absolute atomic E-state index is 12.7. The third-order valence-corrected chi connectivity index (χ3v) is 3.77. The minimum atomic E-state index is -1.73. The Kier molecular flexibility index (Phi) is 5.27. The lowest BCUT2D eigenvalue weighted by Gasteiger charge is -2.38. The van der Waals surface area contributed by atoms with Gasteiger partial charge in [-0.25, -0.2) is 9.59 Å². The lowest BCUT2D eigenvalue weighted by molar-refractivity contribution is -0.161. The molecule has 1 aliphatic heterocycles. The number of amides is 1. The second-order valence-electron chi connectivity index (χ2n) is 6.89. The minimum Gasteiger partial charge on any atom is -0.464 e. The number of aliphatic hydroxyl groups is 1. The number of aliphatic hydroxyl groups excluding tert-OH is 1. The lowest BCUT2D eigenvalue weighted by atomic mass is 9.90. The molecule has 0 saturated carbocycles. The van der Waals surface area contributed by atoms with Gasteiger partial charge in [0.1, 0.15) is 23.2 Å². The number of carbonyl (C=O) groups is 2. The van der Waals surface area contributed by atoms with E-state index in [1.54, 1.807) is 52.8 Å². The summed E-state index contributed by atoms with van der Waals surface area (Å²) in [6, 6.07) is 3.24. The zero-order valence-electron chi connectivity index (χ0n) is 15.2. The van der Waals surface area contributed by atoms with Crippen LogP contribution in [-0.2, 0) is 14.3 Å². The van der Waals surface area contributed by atoms with Crippen LogP contribution in [0.4, 0.5) is 4.79 Å². The average molecular weight is 351 g/mol. The molecule has 7 heteroatoms. The topological polar surface area (TPSA) is 89.2 Å². The molecule has 1 amide bonds. The fourth-order valence-electron chi connectivity index (χ4n) is 2.71. The Hall–Kier alpha value is -2.28. The van der Waals surface area contributed by atoms with Gasteiger partial charge in [-0.3, -0.25) is 4.90 Å². The number of ether oxygens (including phenoxy) is 2. The van der Waals surface area contributed by atoms with Crippen molar-refractivity contribution in [3.05, 3.63) is 35.8 Å². The average Bonchev–Trinajstić information content (AvgIpc) is 3.12. The molecule has 0 radical (unpaired) electrons. The van der Waals surface area contributed by atoms with Crippen molar-refractivity contribution in [2.45, 2.75) is 51.9 Å². The molecule has 2 atom stereocenters. The first-order valence-corrected chi connectivity index (χ1v) is 8.21. The van der Waals surface area contributed by atoms with Crippen molar-refractivity contribution in [3.63, 3.8) is 0 Å². The van der Waals surface area contributed by atoms with Crippen molar-refractivity contribution in [2.75, 3.05) is 13.2 Å². The van der Waals surface area contributed by atoms with Crippen molar-refractivity contribution >= 4 is 12.1 Å². The monoisotopic (exact) mass is 351 g/mol. The highest BCUT2D eigenvalue weighted by molar-refractivity contribution is 5.90. The molecular weight excluding hydrogens is 326 g/mol.